The van der Waals surface area contributed by atoms with Crippen LogP contribution in [0.2, 0.25) is 0 Å². The van der Waals surface area contributed by atoms with Crippen molar-refractivity contribution in [3.8, 4) is 0 Å². The molecule has 1 unspecified atom stereocenters. The summed E-state index contributed by atoms with van der Waals surface area (Å²) in [6.07, 6.45) is 3.75. The highest BCUT2D eigenvalue weighted by molar-refractivity contribution is 5.99. The fourth-order valence-electron chi connectivity index (χ4n) is 2.70. The smallest absolute Gasteiger partial charge is 0.177 e. The number of rotatable bonds is 3. The predicted octanol–water partition coefficient (Wildman–Crippen LogP) is 3.36. The molecule has 1 atom stereocenters. The number of hydrogen-bond donors (Lipinski definition) is 0. The summed E-state index contributed by atoms with van der Waals surface area (Å²) in [7, 11) is 0. The van der Waals surface area contributed by atoms with Crippen LogP contribution in [0.5, 0.6) is 0 Å². The van der Waals surface area contributed by atoms with Gasteiger partial charge in [-0.15, -0.1) is 0 Å². The van der Waals surface area contributed by atoms with Gasteiger partial charge in [0.2, 0.25) is 0 Å². The van der Waals surface area contributed by atoms with E-state index in [0.717, 1.165) is 23.2 Å². The summed E-state index contributed by atoms with van der Waals surface area (Å²) in [5, 5.41) is 0. The number of carbonyl (C=O) groups excluding carboxylic acids is 1. The van der Waals surface area contributed by atoms with Crippen LogP contribution in [0.25, 0.3) is 0 Å². The minimum atomic E-state index is 0.268. The molecule has 1 fully saturated rings. The summed E-state index contributed by atoms with van der Waals surface area (Å²) in [6, 6.07) is 6.68. The number of piperidine rings is 1. The number of hydrogen-bond acceptors (Lipinski definition) is 2. The van der Waals surface area contributed by atoms with Crippen LogP contribution in [0.1, 0.15) is 47.7 Å². The molecule has 18 heavy (non-hydrogen) atoms. The van der Waals surface area contributed by atoms with E-state index in [-0.39, 0.29) is 5.78 Å². The van der Waals surface area contributed by atoms with Crippen molar-refractivity contribution in [2.24, 2.45) is 0 Å². The SMILES string of the molecule is Cc1ccc(C)c(C(=O)CN2CCCCC2C)c1. The standard InChI is InChI=1S/C16H23NO/c1-12-7-8-13(2)15(10-12)16(18)11-17-9-5-4-6-14(17)3/h7-8,10,14H,4-6,9,11H2,1-3H3. The number of ketones is 1. The van der Waals surface area contributed by atoms with Gasteiger partial charge >= 0.3 is 0 Å². The van der Waals surface area contributed by atoms with Gasteiger partial charge < -0.3 is 0 Å². The molecule has 1 aliphatic heterocycles. The normalized spacial score (nSPS) is 20.9. The Morgan fingerprint density at radius 3 is 2.83 bits per heavy atom. The molecule has 98 valence electrons. The number of benzene rings is 1. The molecule has 0 spiro atoms. The first kappa shape index (κ1) is 13.3. The van der Waals surface area contributed by atoms with E-state index < -0.39 is 0 Å². The first-order chi connectivity index (χ1) is 8.58. The summed E-state index contributed by atoms with van der Waals surface area (Å²) in [5.41, 5.74) is 3.15. The van der Waals surface area contributed by atoms with Gasteiger partial charge in [-0.2, -0.15) is 0 Å². The second-order valence-electron chi connectivity index (χ2n) is 5.56. The van der Waals surface area contributed by atoms with Crippen molar-refractivity contribution in [1.29, 1.82) is 0 Å². The molecule has 1 aromatic carbocycles. The molecule has 2 nitrogen and oxygen atoms in total. The van der Waals surface area contributed by atoms with E-state index in [9.17, 15) is 4.79 Å². The molecule has 1 saturated heterocycles. The van der Waals surface area contributed by atoms with Crippen molar-refractivity contribution >= 4 is 5.78 Å². The highest BCUT2D eigenvalue weighted by atomic mass is 16.1. The quantitative estimate of drug-likeness (QED) is 0.761. The molecule has 0 N–H and O–H groups in total. The fourth-order valence-corrected chi connectivity index (χ4v) is 2.70. The molecular formula is C16H23NO. The molecule has 0 radical (unpaired) electrons. The Bertz CT molecular complexity index is 439. The van der Waals surface area contributed by atoms with Gasteiger partial charge in [-0.1, -0.05) is 24.1 Å². The summed E-state index contributed by atoms with van der Waals surface area (Å²) in [4.78, 5) is 14.7. The first-order valence-corrected chi connectivity index (χ1v) is 6.92. The van der Waals surface area contributed by atoms with Crippen LogP contribution >= 0.6 is 0 Å². The van der Waals surface area contributed by atoms with Gasteiger partial charge in [-0.25, -0.2) is 0 Å². The highest BCUT2D eigenvalue weighted by Crippen LogP contribution is 2.18. The van der Waals surface area contributed by atoms with Gasteiger partial charge in [0.1, 0.15) is 0 Å². The van der Waals surface area contributed by atoms with Crippen LogP contribution in [0.4, 0.5) is 0 Å². The third kappa shape index (κ3) is 2.99. The van der Waals surface area contributed by atoms with Gasteiger partial charge in [-0.05, 0) is 51.8 Å². The third-order valence-electron chi connectivity index (χ3n) is 3.98. The molecule has 0 amide bonds. The summed E-state index contributed by atoms with van der Waals surface area (Å²) < 4.78 is 0. The number of likely N-dealkylation sites (tertiary alicyclic amines) is 1. The molecule has 0 aliphatic carbocycles. The maximum absolute atomic E-state index is 12.4. The lowest BCUT2D eigenvalue weighted by molar-refractivity contribution is 0.0859. The molecule has 0 aromatic heterocycles. The van der Waals surface area contributed by atoms with Crippen LogP contribution in [-0.4, -0.2) is 29.8 Å². The third-order valence-corrected chi connectivity index (χ3v) is 3.98. The summed E-state index contributed by atoms with van der Waals surface area (Å²) in [5.74, 6) is 0.268. The maximum Gasteiger partial charge on any atom is 0.177 e. The number of aryl methyl sites for hydroxylation is 2. The van der Waals surface area contributed by atoms with Gasteiger partial charge in [0.15, 0.2) is 5.78 Å². The van der Waals surface area contributed by atoms with Crippen molar-refractivity contribution in [2.45, 2.75) is 46.1 Å². The average Bonchev–Trinajstić information content (AvgIpc) is 2.35. The van der Waals surface area contributed by atoms with E-state index in [1.54, 1.807) is 0 Å². The maximum atomic E-state index is 12.4. The second-order valence-corrected chi connectivity index (χ2v) is 5.56. The molecule has 2 heteroatoms. The van der Waals surface area contributed by atoms with E-state index in [4.69, 9.17) is 0 Å². The lowest BCUT2D eigenvalue weighted by atomic mass is 9.99. The monoisotopic (exact) mass is 245 g/mol. The first-order valence-electron chi connectivity index (χ1n) is 6.92. The van der Waals surface area contributed by atoms with Gasteiger partial charge in [0, 0.05) is 11.6 Å². The molecule has 1 aromatic rings. The van der Waals surface area contributed by atoms with Gasteiger partial charge in [0.05, 0.1) is 6.54 Å². The Kier molecular flexibility index (Phi) is 4.18. The Balaban J connectivity index is 2.09. The van der Waals surface area contributed by atoms with Crippen molar-refractivity contribution in [3.05, 3.63) is 34.9 Å². The number of carbonyl (C=O) groups is 1. The van der Waals surface area contributed by atoms with Gasteiger partial charge in [-0.3, -0.25) is 9.69 Å². The van der Waals surface area contributed by atoms with E-state index in [1.165, 1.54) is 19.3 Å². The molecule has 1 aliphatic rings. The Morgan fingerprint density at radius 2 is 2.11 bits per heavy atom. The van der Waals surface area contributed by atoms with Crippen LogP contribution in [0.15, 0.2) is 18.2 Å². The van der Waals surface area contributed by atoms with Crippen LogP contribution in [0.3, 0.4) is 0 Å². The highest BCUT2D eigenvalue weighted by Gasteiger charge is 2.21. The topological polar surface area (TPSA) is 20.3 Å². The summed E-state index contributed by atoms with van der Waals surface area (Å²) in [6.45, 7) is 7.94. The average molecular weight is 245 g/mol. The zero-order chi connectivity index (χ0) is 13.1. The zero-order valence-electron chi connectivity index (χ0n) is 11.7. The van der Waals surface area contributed by atoms with Crippen molar-refractivity contribution < 1.29 is 4.79 Å². The Labute approximate surface area is 110 Å². The summed E-state index contributed by atoms with van der Waals surface area (Å²) >= 11 is 0. The van der Waals surface area contributed by atoms with E-state index in [2.05, 4.69) is 17.9 Å². The van der Waals surface area contributed by atoms with Crippen molar-refractivity contribution in [1.82, 2.24) is 4.90 Å². The molecule has 0 saturated carbocycles. The largest absolute Gasteiger partial charge is 0.293 e. The van der Waals surface area contributed by atoms with E-state index >= 15 is 0 Å². The molecule has 2 rings (SSSR count). The lowest BCUT2D eigenvalue weighted by Crippen LogP contribution is -2.40. The minimum Gasteiger partial charge on any atom is -0.293 e. The lowest BCUT2D eigenvalue weighted by Gasteiger charge is -2.32. The molecule has 1 heterocycles. The predicted molar refractivity (Wildman–Crippen MR) is 75.1 cm³/mol. The van der Waals surface area contributed by atoms with Crippen LogP contribution < -0.4 is 0 Å². The van der Waals surface area contributed by atoms with E-state index in [1.807, 2.05) is 26.0 Å². The van der Waals surface area contributed by atoms with Crippen molar-refractivity contribution in [2.75, 3.05) is 13.1 Å². The molecular weight excluding hydrogens is 222 g/mol. The fraction of sp³-hybridized carbons (Fsp3) is 0.562. The van der Waals surface area contributed by atoms with Crippen LogP contribution in [0, 0.1) is 13.8 Å². The van der Waals surface area contributed by atoms with E-state index in [0.29, 0.717) is 12.6 Å². The molecule has 0 bridgehead atoms. The van der Waals surface area contributed by atoms with Crippen molar-refractivity contribution in [3.63, 3.8) is 0 Å². The zero-order valence-corrected chi connectivity index (χ0v) is 11.7. The Morgan fingerprint density at radius 1 is 1.33 bits per heavy atom. The second kappa shape index (κ2) is 5.66. The Hall–Kier alpha value is -1.15. The number of Topliss-reactive ketones (excluding diaryl/α,β-unsaturated/α-hetero) is 1. The van der Waals surface area contributed by atoms with Gasteiger partial charge in [0.25, 0.3) is 0 Å². The number of nitrogens with zero attached hydrogens (tertiary/aromatic N) is 1. The minimum absolute atomic E-state index is 0.268. The van der Waals surface area contributed by atoms with Crippen LogP contribution in [-0.2, 0) is 0 Å².